The highest BCUT2D eigenvalue weighted by molar-refractivity contribution is 5.91. The molecule has 32 heavy (non-hydrogen) atoms. The quantitative estimate of drug-likeness (QED) is 0.469. The molecular formula is C25H24FN5O. The molecule has 0 saturated carbocycles. The van der Waals surface area contributed by atoms with Crippen LogP contribution in [0.15, 0.2) is 48.7 Å². The lowest BCUT2D eigenvalue weighted by atomic mass is 10.1. The Labute approximate surface area is 186 Å². The van der Waals surface area contributed by atoms with E-state index in [1.165, 1.54) is 6.07 Å². The Bertz CT molecular complexity index is 1310. The fourth-order valence-electron chi connectivity index (χ4n) is 4.05. The molecule has 0 spiro atoms. The van der Waals surface area contributed by atoms with E-state index in [1.807, 2.05) is 51.1 Å². The Morgan fingerprint density at radius 1 is 0.969 bits per heavy atom. The minimum absolute atomic E-state index is 0.116. The molecule has 6 nitrogen and oxygen atoms in total. The molecule has 7 heteroatoms. The van der Waals surface area contributed by atoms with E-state index in [4.69, 9.17) is 14.7 Å². The summed E-state index contributed by atoms with van der Waals surface area (Å²) in [5.41, 5.74) is 5.30. The van der Waals surface area contributed by atoms with Crippen LogP contribution in [0.25, 0.3) is 22.3 Å². The van der Waals surface area contributed by atoms with Crippen molar-refractivity contribution in [3.63, 3.8) is 0 Å². The highest BCUT2D eigenvalue weighted by Crippen LogP contribution is 2.32. The smallest absolute Gasteiger partial charge is 0.228 e. The highest BCUT2D eigenvalue weighted by Gasteiger charge is 2.25. The van der Waals surface area contributed by atoms with Crippen molar-refractivity contribution in [3.8, 4) is 11.3 Å². The van der Waals surface area contributed by atoms with Crippen molar-refractivity contribution in [2.45, 2.75) is 26.9 Å². The van der Waals surface area contributed by atoms with Crippen molar-refractivity contribution in [3.05, 3.63) is 77.0 Å². The minimum Gasteiger partial charge on any atom is -0.370 e. The van der Waals surface area contributed by atoms with E-state index in [1.54, 1.807) is 12.3 Å². The van der Waals surface area contributed by atoms with Gasteiger partial charge < -0.3 is 9.64 Å². The van der Waals surface area contributed by atoms with Crippen LogP contribution in [0.5, 0.6) is 0 Å². The first kappa shape index (κ1) is 20.5. The molecule has 0 unspecified atom stereocenters. The number of aryl methyl sites for hydroxylation is 3. The van der Waals surface area contributed by atoms with E-state index < -0.39 is 0 Å². The third-order valence-electron chi connectivity index (χ3n) is 5.71. The standard InChI is InChI=1S/C25H24FN5O/c1-15-4-6-19(21(26)12-15)23-20-7-5-16(2)28-24(20)30-25(29-23)31-10-11-32-22(14-31)18-8-9-27-17(3)13-18/h4-9,12-13,22H,10-11,14H2,1-3H3/t22-/m1/s1. The topological polar surface area (TPSA) is 64.0 Å². The van der Waals surface area contributed by atoms with Gasteiger partial charge in [0.15, 0.2) is 5.65 Å². The normalized spacial score (nSPS) is 16.5. The first-order valence-electron chi connectivity index (χ1n) is 10.7. The summed E-state index contributed by atoms with van der Waals surface area (Å²) >= 11 is 0. The van der Waals surface area contributed by atoms with Crippen molar-refractivity contribution in [2.24, 2.45) is 0 Å². The van der Waals surface area contributed by atoms with E-state index in [2.05, 4.69) is 14.9 Å². The first-order valence-corrected chi connectivity index (χ1v) is 10.7. The molecule has 4 heterocycles. The zero-order valence-corrected chi connectivity index (χ0v) is 18.3. The van der Waals surface area contributed by atoms with Crippen LogP contribution < -0.4 is 4.90 Å². The average molecular weight is 429 g/mol. The van der Waals surface area contributed by atoms with Gasteiger partial charge in [-0.1, -0.05) is 6.07 Å². The third kappa shape index (κ3) is 3.91. The van der Waals surface area contributed by atoms with Crippen molar-refractivity contribution in [1.29, 1.82) is 0 Å². The van der Waals surface area contributed by atoms with Crippen LogP contribution in [0.2, 0.25) is 0 Å². The zero-order valence-electron chi connectivity index (χ0n) is 18.3. The molecule has 1 saturated heterocycles. The number of halogens is 1. The number of benzene rings is 1. The van der Waals surface area contributed by atoms with Gasteiger partial charge in [-0.25, -0.2) is 14.4 Å². The summed E-state index contributed by atoms with van der Waals surface area (Å²) in [7, 11) is 0. The maximum absolute atomic E-state index is 14.9. The van der Waals surface area contributed by atoms with Crippen molar-refractivity contribution in [2.75, 3.05) is 24.6 Å². The average Bonchev–Trinajstić information content (AvgIpc) is 2.78. The van der Waals surface area contributed by atoms with Gasteiger partial charge in [-0.3, -0.25) is 4.98 Å². The Hall–Kier alpha value is -3.45. The summed E-state index contributed by atoms with van der Waals surface area (Å²) in [4.78, 5) is 20.6. The number of rotatable bonds is 3. The van der Waals surface area contributed by atoms with E-state index >= 15 is 0 Å². The van der Waals surface area contributed by atoms with E-state index in [-0.39, 0.29) is 11.9 Å². The summed E-state index contributed by atoms with van der Waals surface area (Å²) in [6.07, 6.45) is 1.68. The number of morpholine rings is 1. The molecule has 1 atom stereocenters. The predicted octanol–water partition coefficient (Wildman–Crippen LogP) is 4.73. The lowest BCUT2D eigenvalue weighted by Crippen LogP contribution is -2.39. The second-order valence-electron chi connectivity index (χ2n) is 8.22. The number of hydrogen-bond acceptors (Lipinski definition) is 6. The van der Waals surface area contributed by atoms with Gasteiger partial charge >= 0.3 is 0 Å². The van der Waals surface area contributed by atoms with Crippen LogP contribution in [0.4, 0.5) is 10.3 Å². The Balaban J connectivity index is 1.59. The fraction of sp³-hybridized carbons (Fsp3) is 0.280. The summed E-state index contributed by atoms with van der Waals surface area (Å²) < 4.78 is 20.9. The maximum Gasteiger partial charge on any atom is 0.228 e. The maximum atomic E-state index is 14.9. The number of nitrogens with zero attached hydrogens (tertiary/aromatic N) is 5. The second-order valence-corrected chi connectivity index (χ2v) is 8.22. The number of pyridine rings is 2. The summed E-state index contributed by atoms with van der Waals surface area (Å²) in [5.74, 6) is 0.230. The molecule has 1 fully saturated rings. The van der Waals surface area contributed by atoms with Gasteiger partial charge in [0.2, 0.25) is 5.95 Å². The van der Waals surface area contributed by atoms with Crippen LogP contribution in [0, 0.1) is 26.6 Å². The Morgan fingerprint density at radius 2 is 1.84 bits per heavy atom. The predicted molar refractivity (Wildman–Crippen MR) is 122 cm³/mol. The summed E-state index contributed by atoms with van der Waals surface area (Å²) in [6.45, 7) is 7.54. The monoisotopic (exact) mass is 429 g/mol. The number of anilines is 1. The number of aromatic nitrogens is 4. The lowest BCUT2D eigenvalue weighted by Gasteiger charge is -2.33. The van der Waals surface area contributed by atoms with E-state index in [0.29, 0.717) is 42.5 Å². The minimum atomic E-state index is -0.302. The molecule has 3 aromatic heterocycles. The van der Waals surface area contributed by atoms with Gasteiger partial charge in [-0.2, -0.15) is 4.98 Å². The first-order chi connectivity index (χ1) is 15.5. The second kappa shape index (κ2) is 8.24. The van der Waals surface area contributed by atoms with Crippen molar-refractivity contribution in [1.82, 2.24) is 19.9 Å². The molecule has 0 amide bonds. The molecule has 1 aromatic carbocycles. The molecular weight excluding hydrogens is 405 g/mol. The molecule has 1 aliphatic heterocycles. The molecule has 5 rings (SSSR count). The van der Waals surface area contributed by atoms with Crippen molar-refractivity contribution >= 4 is 17.0 Å². The molecule has 162 valence electrons. The molecule has 1 aliphatic rings. The van der Waals surface area contributed by atoms with Crippen molar-refractivity contribution < 1.29 is 9.13 Å². The summed E-state index contributed by atoms with van der Waals surface area (Å²) in [6, 6.07) is 13.0. The van der Waals surface area contributed by atoms with Gasteiger partial charge in [0.05, 0.1) is 18.8 Å². The van der Waals surface area contributed by atoms with E-state index in [9.17, 15) is 4.39 Å². The molecule has 0 radical (unpaired) electrons. The fourth-order valence-corrected chi connectivity index (χ4v) is 4.05. The van der Waals surface area contributed by atoms with E-state index in [0.717, 1.165) is 27.9 Å². The molecule has 0 N–H and O–H groups in total. The van der Waals surface area contributed by atoms with Gasteiger partial charge in [-0.15, -0.1) is 0 Å². The molecule has 4 aromatic rings. The van der Waals surface area contributed by atoms with Crippen LogP contribution >= 0.6 is 0 Å². The third-order valence-corrected chi connectivity index (χ3v) is 5.71. The van der Waals surface area contributed by atoms with Gasteiger partial charge in [-0.05, 0) is 68.3 Å². The van der Waals surface area contributed by atoms with Crippen LogP contribution in [-0.4, -0.2) is 39.6 Å². The summed E-state index contributed by atoms with van der Waals surface area (Å²) in [5, 5.41) is 0.733. The SMILES string of the molecule is Cc1ccc(-c2nc(N3CCO[C@@H](c4ccnc(C)c4)C3)nc3nc(C)ccc23)c(F)c1. The number of fused-ring (bicyclic) bond motifs is 1. The van der Waals surface area contributed by atoms with Gasteiger partial charge in [0, 0.05) is 35.1 Å². The van der Waals surface area contributed by atoms with Gasteiger partial charge in [0.1, 0.15) is 11.9 Å². The van der Waals surface area contributed by atoms with Gasteiger partial charge in [0.25, 0.3) is 0 Å². The zero-order chi connectivity index (χ0) is 22.2. The van der Waals surface area contributed by atoms with Crippen LogP contribution in [-0.2, 0) is 4.74 Å². The lowest BCUT2D eigenvalue weighted by molar-refractivity contribution is 0.0391. The number of hydrogen-bond donors (Lipinski definition) is 0. The Kier molecular flexibility index (Phi) is 5.27. The highest BCUT2D eigenvalue weighted by atomic mass is 19.1. The number of ether oxygens (including phenoxy) is 1. The molecule has 0 aliphatic carbocycles. The Morgan fingerprint density at radius 3 is 2.66 bits per heavy atom. The molecule has 0 bridgehead atoms. The van der Waals surface area contributed by atoms with Crippen LogP contribution in [0.1, 0.15) is 28.6 Å². The largest absolute Gasteiger partial charge is 0.370 e. The van der Waals surface area contributed by atoms with Crippen LogP contribution in [0.3, 0.4) is 0 Å².